The fourth-order valence-corrected chi connectivity index (χ4v) is 6.18. The van der Waals surface area contributed by atoms with Gasteiger partial charge in [0.1, 0.15) is 22.9 Å². The van der Waals surface area contributed by atoms with E-state index in [0.29, 0.717) is 29.9 Å². The third-order valence-electron chi connectivity index (χ3n) is 8.68. The Hall–Kier alpha value is -4.29. The van der Waals surface area contributed by atoms with Gasteiger partial charge in [0, 0.05) is 82.8 Å². The van der Waals surface area contributed by atoms with Crippen molar-refractivity contribution in [2.24, 2.45) is 14.1 Å². The van der Waals surface area contributed by atoms with E-state index in [4.69, 9.17) is 19.8 Å². The average Bonchev–Trinajstić information content (AvgIpc) is 3.68. The number of nitrogens with one attached hydrogen (secondary N) is 1. The number of rotatable bonds is 5. The topological polar surface area (TPSA) is 107 Å². The highest BCUT2D eigenvalue weighted by Crippen LogP contribution is 2.34. The molecule has 5 aromatic rings. The van der Waals surface area contributed by atoms with E-state index in [-0.39, 0.29) is 6.04 Å². The minimum Gasteiger partial charge on any atom is -0.477 e. The highest BCUT2D eigenvalue weighted by atomic mass is 16.5. The van der Waals surface area contributed by atoms with Gasteiger partial charge in [-0.05, 0) is 38.1 Å². The summed E-state index contributed by atoms with van der Waals surface area (Å²) in [6, 6.07) is 8.42. The number of aryl methyl sites for hydroxylation is 1. The van der Waals surface area contributed by atoms with Crippen molar-refractivity contribution in [3.05, 3.63) is 48.5 Å². The number of fused-ring (bicyclic) bond motifs is 5. The summed E-state index contributed by atoms with van der Waals surface area (Å²) in [6.45, 7) is 11.6. The van der Waals surface area contributed by atoms with Crippen LogP contribution in [0.3, 0.4) is 0 Å². The molecule has 4 bridgehead atoms. The van der Waals surface area contributed by atoms with E-state index in [0.717, 1.165) is 67.0 Å². The van der Waals surface area contributed by atoms with Gasteiger partial charge in [0.2, 0.25) is 5.88 Å². The van der Waals surface area contributed by atoms with Gasteiger partial charge in [-0.25, -0.2) is 19.6 Å². The molecule has 12 nitrogen and oxygen atoms in total. The van der Waals surface area contributed by atoms with Crippen LogP contribution < -0.4 is 10.1 Å². The quantitative estimate of drug-likeness (QED) is 0.326. The Morgan fingerprint density at radius 1 is 1.00 bits per heavy atom. The zero-order valence-corrected chi connectivity index (χ0v) is 25.4. The lowest BCUT2D eigenvalue weighted by molar-refractivity contribution is 0.125. The third-order valence-corrected chi connectivity index (χ3v) is 8.68. The van der Waals surface area contributed by atoms with Gasteiger partial charge in [-0.1, -0.05) is 6.92 Å². The van der Waals surface area contributed by atoms with Gasteiger partial charge in [0.15, 0.2) is 5.82 Å². The largest absolute Gasteiger partial charge is 0.477 e. The Labute approximate surface area is 251 Å². The summed E-state index contributed by atoms with van der Waals surface area (Å²) in [5, 5.41) is 14.0. The van der Waals surface area contributed by atoms with Crippen molar-refractivity contribution in [2.45, 2.75) is 39.3 Å². The first-order valence-electron chi connectivity index (χ1n) is 15.2. The summed E-state index contributed by atoms with van der Waals surface area (Å²) < 4.78 is 12.4. The number of ether oxygens (including phenoxy) is 1. The zero-order valence-electron chi connectivity index (χ0n) is 25.4. The van der Waals surface area contributed by atoms with Gasteiger partial charge in [0.25, 0.3) is 0 Å². The summed E-state index contributed by atoms with van der Waals surface area (Å²) in [7, 11) is 4.02. The molecular formula is C31H39N11O. The lowest BCUT2D eigenvalue weighted by Crippen LogP contribution is -2.46. The predicted molar refractivity (Wildman–Crippen MR) is 166 cm³/mol. The summed E-state index contributed by atoms with van der Waals surface area (Å²) >= 11 is 0. The molecule has 0 aromatic carbocycles. The van der Waals surface area contributed by atoms with Crippen molar-refractivity contribution < 1.29 is 4.74 Å². The van der Waals surface area contributed by atoms with Crippen LogP contribution in [-0.4, -0.2) is 88.2 Å². The standard InChI is InChI=1S/C31H39N11O/c1-5-11-40-12-14-41(15-13-40)20-22-6-7-25(38(22)3)29-23-18-33-28-17-26(23)42(37-29)21(2)9-16-43-31-24(19-34-39(31)4)30-32-10-8-27(35-28)36-30/h6-8,10,17-19,21H,5,9,11-16,20H2,1-4H3,(H,32,33,35,36)/t21-/m0/s1. The molecule has 2 aliphatic heterocycles. The van der Waals surface area contributed by atoms with Crippen molar-refractivity contribution in [3.63, 3.8) is 0 Å². The number of nitrogens with zero attached hydrogens (tertiary/aromatic N) is 10. The van der Waals surface area contributed by atoms with E-state index in [1.807, 2.05) is 19.3 Å². The van der Waals surface area contributed by atoms with Gasteiger partial charge in [-0.3, -0.25) is 9.58 Å². The molecule has 1 N–H and O–H groups in total. The summed E-state index contributed by atoms with van der Waals surface area (Å²) in [5.74, 6) is 2.54. The van der Waals surface area contributed by atoms with Crippen LogP contribution in [0.5, 0.6) is 5.88 Å². The summed E-state index contributed by atoms with van der Waals surface area (Å²) in [6.07, 6.45) is 7.37. The zero-order chi connectivity index (χ0) is 29.5. The maximum atomic E-state index is 6.26. The van der Waals surface area contributed by atoms with Crippen molar-refractivity contribution in [2.75, 3.05) is 44.6 Å². The van der Waals surface area contributed by atoms with Crippen molar-refractivity contribution in [1.29, 1.82) is 0 Å². The number of pyridine rings is 1. The lowest BCUT2D eigenvalue weighted by Gasteiger charge is -2.34. The molecule has 1 atom stereocenters. The Morgan fingerprint density at radius 2 is 1.84 bits per heavy atom. The van der Waals surface area contributed by atoms with Crippen LogP contribution in [0.15, 0.2) is 42.9 Å². The number of hydrogen-bond acceptors (Lipinski definition) is 9. The second-order valence-electron chi connectivity index (χ2n) is 11.6. The van der Waals surface area contributed by atoms with Gasteiger partial charge >= 0.3 is 0 Å². The van der Waals surface area contributed by atoms with Crippen molar-refractivity contribution in [1.82, 2.24) is 48.9 Å². The minimum absolute atomic E-state index is 0.0827. The highest BCUT2D eigenvalue weighted by Gasteiger charge is 2.23. The fraction of sp³-hybridized carbons (Fsp3) is 0.452. The monoisotopic (exact) mass is 581 g/mol. The van der Waals surface area contributed by atoms with Crippen LogP contribution in [0.25, 0.3) is 33.7 Å². The number of hydrogen-bond donors (Lipinski definition) is 1. The Balaban J connectivity index is 1.22. The van der Waals surface area contributed by atoms with Gasteiger partial charge in [0.05, 0.1) is 30.1 Å². The Morgan fingerprint density at radius 3 is 2.67 bits per heavy atom. The molecule has 0 saturated carbocycles. The molecule has 43 heavy (non-hydrogen) atoms. The second kappa shape index (κ2) is 11.4. The van der Waals surface area contributed by atoms with Crippen LogP contribution in [0.1, 0.15) is 38.4 Å². The molecule has 2 aliphatic rings. The van der Waals surface area contributed by atoms with Gasteiger partial charge in [-0.2, -0.15) is 10.2 Å². The molecular weight excluding hydrogens is 542 g/mol. The fourth-order valence-electron chi connectivity index (χ4n) is 6.18. The smallest absolute Gasteiger partial charge is 0.222 e. The molecule has 0 aliphatic carbocycles. The lowest BCUT2D eigenvalue weighted by atomic mass is 10.2. The normalized spacial score (nSPS) is 17.9. The molecule has 1 fully saturated rings. The van der Waals surface area contributed by atoms with E-state index in [1.54, 1.807) is 17.1 Å². The van der Waals surface area contributed by atoms with Crippen LogP contribution >= 0.6 is 0 Å². The summed E-state index contributed by atoms with van der Waals surface area (Å²) in [4.78, 5) is 19.1. The second-order valence-corrected chi connectivity index (χ2v) is 11.6. The molecule has 1 saturated heterocycles. The maximum absolute atomic E-state index is 6.26. The average molecular weight is 582 g/mol. The molecule has 0 spiro atoms. The van der Waals surface area contributed by atoms with E-state index in [2.05, 4.69) is 73.5 Å². The first kappa shape index (κ1) is 27.5. The maximum Gasteiger partial charge on any atom is 0.222 e. The van der Waals surface area contributed by atoms with Gasteiger partial charge in [-0.15, -0.1) is 0 Å². The van der Waals surface area contributed by atoms with Crippen molar-refractivity contribution >= 4 is 22.5 Å². The number of piperazine rings is 1. The van der Waals surface area contributed by atoms with Crippen LogP contribution in [0, 0.1) is 0 Å². The molecule has 7 heterocycles. The van der Waals surface area contributed by atoms with Crippen LogP contribution in [0.2, 0.25) is 0 Å². The molecule has 5 aromatic heterocycles. The Bertz CT molecular complexity index is 1740. The third kappa shape index (κ3) is 5.25. The molecule has 7 rings (SSSR count). The minimum atomic E-state index is 0.0827. The molecule has 0 amide bonds. The predicted octanol–water partition coefficient (Wildman–Crippen LogP) is 4.24. The molecule has 12 heteroatoms. The van der Waals surface area contributed by atoms with E-state index >= 15 is 0 Å². The van der Waals surface area contributed by atoms with Crippen molar-refractivity contribution in [3.8, 4) is 28.7 Å². The highest BCUT2D eigenvalue weighted by molar-refractivity contribution is 5.93. The Kier molecular flexibility index (Phi) is 7.31. The van der Waals surface area contributed by atoms with Crippen LogP contribution in [0.4, 0.5) is 11.6 Å². The first-order valence-corrected chi connectivity index (χ1v) is 15.2. The number of aromatic nitrogens is 8. The summed E-state index contributed by atoms with van der Waals surface area (Å²) in [5.41, 5.74) is 5.09. The van der Waals surface area contributed by atoms with E-state index in [1.165, 1.54) is 18.7 Å². The SMILES string of the molecule is CCCN1CCN(Cc2ccc(-c3nn4c5cc(ncc35)Nc3ccnc(n3)-c3cnn(C)c3OCC[C@@H]4C)n2C)CC1. The van der Waals surface area contributed by atoms with Gasteiger partial charge < -0.3 is 19.5 Å². The van der Waals surface area contributed by atoms with Crippen LogP contribution in [-0.2, 0) is 20.6 Å². The molecule has 0 radical (unpaired) electrons. The first-order chi connectivity index (χ1) is 21.0. The number of anilines is 2. The van der Waals surface area contributed by atoms with E-state index in [9.17, 15) is 0 Å². The van der Waals surface area contributed by atoms with E-state index < -0.39 is 0 Å². The molecule has 224 valence electrons. The molecule has 0 unspecified atom stereocenters.